The van der Waals surface area contributed by atoms with Crippen LogP contribution in [0.3, 0.4) is 0 Å². The number of halogens is 3. The molecule has 1 amide bonds. The van der Waals surface area contributed by atoms with Gasteiger partial charge in [-0.05, 0) is 12.1 Å². The van der Waals surface area contributed by atoms with Crippen LogP contribution in [0.4, 0.5) is 13.2 Å². The highest BCUT2D eigenvalue weighted by atomic mass is 19.3. The minimum atomic E-state index is -3.07. The predicted octanol–water partition coefficient (Wildman–Crippen LogP) is 4.41. The summed E-state index contributed by atoms with van der Waals surface area (Å²) in [5.41, 5.74) is 0.892. The number of nitrogens with zero attached hydrogens (tertiary/aromatic N) is 5. The molecular weight excluding hydrogens is 465 g/mol. The smallest absolute Gasteiger partial charge is 0.292 e. The van der Waals surface area contributed by atoms with Gasteiger partial charge in [0.1, 0.15) is 11.6 Å². The SMILES string of the molecule is Cn1cc(-c2nc(C(F)F)c(C(=O)N3CCc4[nH]cnc4[C@H]3c3oc4ccccc4c3F)o2)cn1. The molecule has 0 fully saturated rings. The van der Waals surface area contributed by atoms with E-state index >= 15 is 4.39 Å². The number of alkyl halides is 2. The third-order valence-corrected chi connectivity index (χ3v) is 6.00. The Labute approximate surface area is 195 Å². The van der Waals surface area contributed by atoms with Crippen molar-refractivity contribution in [3.63, 3.8) is 0 Å². The number of imidazole rings is 1. The molecule has 0 saturated carbocycles. The van der Waals surface area contributed by atoms with Gasteiger partial charge < -0.3 is 18.7 Å². The molecular formula is C23H17F3N6O3. The van der Waals surface area contributed by atoms with Gasteiger partial charge in [0.15, 0.2) is 17.3 Å². The Hall–Kier alpha value is -4.35. The lowest BCUT2D eigenvalue weighted by molar-refractivity contribution is 0.0622. The third kappa shape index (κ3) is 3.32. The first-order valence-electron chi connectivity index (χ1n) is 10.7. The fourth-order valence-corrected chi connectivity index (χ4v) is 4.39. The maximum Gasteiger partial charge on any atom is 0.292 e. The van der Waals surface area contributed by atoms with Crippen molar-refractivity contribution in [2.24, 2.45) is 7.05 Å². The monoisotopic (exact) mass is 482 g/mol. The summed E-state index contributed by atoms with van der Waals surface area (Å²) in [6, 6.07) is 5.43. The molecule has 5 aromatic rings. The summed E-state index contributed by atoms with van der Waals surface area (Å²) in [4.78, 5) is 26.0. The van der Waals surface area contributed by atoms with Crippen LogP contribution in [0.5, 0.6) is 0 Å². The number of carbonyl (C=O) groups is 1. The second kappa shape index (κ2) is 7.86. The maximum atomic E-state index is 15.5. The maximum absolute atomic E-state index is 15.5. The summed E-state index contributed by atoms with van der Waals surface area (Å²) in [5.74, 6) is -2.46. The largest absolute Gasteiger partial charge is 0.455 e. The lowest BCUT2D eigenvalue weighted by Gasteiger charge is -2.33. The van der Waals surface area contributed by atoms with Crippen LogP contribution >= 0.6 is 0 Å². The zero-order valence-electron chi connectivity index (χ0n) is 18.2. The topological polar surface area (TPSA) is 106 Å². The van der Waals surface area contributed by atoms with Crippen molar-refractivity contribution in [1.82, 2.24) is 29.6 Å². The van der Waals surface area contributed by atoms with Crippen molar-refractivity contribution in [2.75, 3.05) is 6.54 Å². The van der Waals surface area contributed by atoms with E-state index in [1.807, 2.05) is 0 Å². The molecule has 1 N–H and O–H groups in total. The number of aromatic nitrogens is 5. The van der Waals surface area contributed by atoms with E-state index in [-0.39, 0.29) is 23.6 Å². The summed E-state index contributed by atoms with van der Waals surface area (Å²) in [6.07, 6.45) is 1.63. The number of nitrogens with one attached hydrogen (secondary N) is 1. The van der Waals surface area contributed by atoms with Gasteiger partial charge in [-0.3, -0.25) is 9.48 Å². The average Bonchev–Trinajstić information content (AvgIpc) is 3.64. The Balaban J connectivity index is 1.48. The number of aromatic amines is 1. The van der Waals surface area contributed by atoms with Gasteiger partial charge in [-0.25, -0.2) is 23.1 Å². The summed E-state index contributed by atoms with van der Waals surface area (Å²) in [7, 11) is 1.65. The number of benzene rings is 1. The highest BCUT2D eigenvalue weighted by Crippen LogP contribution is 2.40. The first-order valence-corrected chi connectivity index (χ1v) is 10.7. The minimum absolute atomic E-state index is 0.0841. The molecule has 0 bridgehead atoms. The number of H-pyrrole nitrogens is 1. The fraction of sp³-hybridized carbons (Fsp3) is 0.217. The number of furan rings is 1. The van der Waals surface area contributed by atoms with E-state index in [2.05, 4.69) is 20.1 Å². The van der Waals surface area contributed by atoms with Crippen molar-refractivity contribution >= 4 is 16.9 Å². The van der Waals surface area contributed by atoms with Gasteiger partial charge in [-0.2, -0.15) is 5.10 Å². The van der Waals surface area contributed by atoms with Crippen LogP contribution < -0.4 is 0 Å². The Bertz CT molecular complexity index is 1570. The van der Waals surface area contributed by atoms with Gasteiger partial charge in [0.25, 0.3) is 12.3 Å². The second-order valence-electron chi connectivity index (χ2n) is 8.13. The highest BCUT2D eigenvalue weighted by Gasteiger charge is 2.41. The minimum Gasteiger partial charge on any atom is -0.455 e. The van der Waals surface area contributed by atoms with Gasteiger partial charge in [0.05, 0.1) is 29.2 Å². The molecule has 1 aliphatic rings. The number of amides is 1. The molecule has 35 heavy (non-hydrogen) atoms. The zero-order valence-corrected chi connectivity index (χ0v) is 18.2. The molecule has 4 aromatic heterocycles. The van der Waals surface area contributed by atoms with Gasteiger partial charge in [-0.15, -0.1) is 0 Å². The lowest BCUT2D eigenvalue weighted by atomic mass is 9.99. The molecule has 5 heterocycles. The molecule has 0 saturated heterocycles. The Morgan fingerprint density at radius 2 is 2.09 bits per heavy atom. The van der Waals surface area contributed by atoms with Crippen molar-refractivity contribution in [2.45, 2.75) is 18.9 Å². The van der Waals surface area contributed by atoms with E-state index in [4.69, 9.17) is 8.83 Å². The van der Waals surface area contributed by atoms with Crippen molar-refractivity contribution in [1.29, 1.82) is 0 Å². The first kappa shape index (κ1) is 21.2. The molecule has 0 spiro atoms. The normalized spacial score (nSPS) is 15.8. The molecule has 1 aromatic carbocycles. The van der Waals surface area contributed by atoms with E-state index < -0.39 is 35.6 Å². The van der Waals surface area contributed by atoms with E-state index in [0.717, 1.165) is 0 Å². The van der Waals surface area contributed by atoms with Crippen molar-refractivity contribution in [3.05, 3.63) is 77.4 Å². The fourth-order valence-electron chi connectivity index (χ4n) is 4.39. The lowest BCUT2D eigenvalue weighted by Crippen LogP contribution is -2.41. The molecule has 178 valence electrons. The standard InChI is InChI=1S/C23H17F3N6O3/c1-31-9-11(8-29-31)22-30-17(21(25)26)20(35-22)23(33)32-7-6-13-16(28-10-27-13)18(32)19-15(24)12-4-2-3-5-14(12)34-19/h2-5,8-10,18,21H,6-7H2,1H3,(H,27,28)/t18-/m0/s1. The number of aryl methyl sites for hydroxylation is 1. The molecule has 12 heteroatoms. The van der Waals surface area contributed by atoms with E-state index in [0.29, 0.717) is 29.0 Å². The van der Waals surface area contributed by atoms with Crippen molar-refractivity contribution < 1.29 is 26.8 Å². The molecule has 1 atom stereocenters. The number of rotatable bonds is 4. The van der Waals surface area contributed by atoms with Gasteiger partial charge in [0, 0.05) is 31.9 Å². The first-order chi connectivity index (χ1) is 16.9. The second-order valence-corrected chi connectivity index (χ2v) is 8.13. The van der Waals surface area contributed by atoms with Crippen LogP contribution in [0, 0.1) is 5.82 Å². The summed E-state index contributed by atoms with van der Waals surface area (Å²) >= 11 is 0. The average molecular weight is 482 g/mol. The quantitative estimate of drug-likeness (QED) is 0.407. The number of fused-ring (bicyclic) bond motifs is 2. The number of carbonyl (C=O) groups excluding carboxylic acids is 1. The molecule has 1 aliphatic heterocycles. The number of para-hydroxylation sites is 1. The predicted molar refractivity (Wildman–Crippen MR) is 115 cm³/mol. The summed E-state index contributed by atoms with van der Waals surface area (Å²) in [5, 5.41) is 4.22. The molecule has 6 rings (SSSR count). The molecule has 0 radical (unpaired) electrons. The Morgan fingerprint density at radius 3 is 2.83 bits per heavy atom. The van der Waals surface area contributed by atoms with E-state index in [9.17, 15) is 13.6 Å². The number of hydrogen-bond acceptors (Lipinski definition) is 6. The number of hydrogen-bond donors (Lipinski definition) is 1. The Morgan fingerprint density at radius 1 is 1.26 bits per heavy atom. The molecule has 0 unspecified atom stereocenters. The third-order valence-electron chi connectivity index (χ3n) is 6.00. The van der Waals surface area contributed by atoms with Crippen LogP contribution in [-0.4, -0.2) is 42.1 Å². The van der Waals surface area contributed by atoms with Gasteiger partial charge in [-0.1, -0.05) is 12.1 Å². The van der Waals surface area contributed by atoms with E-state index in [1.165, 1.54) is 28.3 Å². The van der Waals surface area contributed by atoms with Crippen LogP contribution in [0.15, 0.2) is 51.8 Å². The summed E-state index contributed by atoms with van der Waals surface area (Å²) in [6.45, 7) is 0.0841. The van der Waals surface area contributed by atoms with Crippen LogP contribution in [0.25, 0.3) is 22.4 Å². The molecule has 9 nitrogen and oxygen atoms in total. The Kier molecular flexibility index (Phi) is 4.76. The zero-order chi connectivity index (χ0) is 24.3. The van der Waals surface area contributed by atoms with Gasteiger partial charge in [0.2, 0.25) is 11.7 Å². The molecule has 0 aliphatic carbocycles. The number of oxazole rings is 1. The van der Waals surface area contributed by atoms with Gasteiger partial charge >= 0.3 is 0 Å². The summed E-state index contributed by atoms with van der Waals surface area (Å²) < 4.78 is 56.0. The van der Waals surface area contributed by atoms with Crippen LogP contribution in [0.2, 0.25) is 0 Å². The highest BCUT2D eigenvalue weighted by molar-refractivity contribution is 5.94. The van der Waals surface area contributed by atoms with E-state index in [1.54, 1.807) is 31.3 Å². The van der Waals surface area contributed by atoms with Crippen molar-refractivity contribution in [3.8, 4) is 11.5 Å². The van der Waals surface area contributed by atoms with Crippen LogP contribution in [0.1, 0.15) is 45.9 Å². The van der Waals surface area contributed by atoms with Crippen LogP contribution in [-0.2, 0) is 13.5 Å².